The lowest BCUT2D eigenvalue weighted by Crippen LogP contribution is -2.33. The van der Waals surface area contributed by atoms with Crippen molar-refractivity contribution in [1.82, 2.24) is 9.88 Å². The molecule has 0 saturated heterocycles. The van der Waals surface area contributed by atoms with E-state index >= 15 is 0 Å². The Morgan fingerprint density at radius 2 is 1.74 bits per heavy atom. The van der Waals surface area contributed by atoms with E-state index < -0.39 is 11.7 Å². The predicted molar refractivity (Wildman–Crippen MR) is 129 cm³/mol. The van der Waals surface area contributed by atoms with Gasteiger partial charge in [-0.15, -0.1) is 0 Å². The molecule has 1 amide bonds. The van der Waals surface area contributed by atoms with Gasteiger partial charge < -0.3 is 14.4 Å². The number of ether oxygens (including phenoxy) is 2. The molecular weight excluding hydrogens is 478 g/mol. The quantitative estimate of drug-likeness (QED) is 0.294. The Kier molecular flexibility index (Phi) is 6.26. The van der Waals surface area contributed by atoms with Crippen molar-refractivity contribution in [3.8, 4) is 11.5 Å². The summed E-state index contributed by atoms with van der Waals surface area (Å²) in [5, 5.41) is 1.71. The summed E-state index contributed by atoms with van der Waals surface area (Å²) in [6, 6.07) is 18.8. The van der Waals surface area contributed by atoms with Crippen LogP contribution in [0.2, 0.25) is 10.2 Å². The largest absolute Gasteiger partial charge is 0.454 e. The smallest absolute Gasteiger partial charge is 0.257 e. The van der Waals surface area contributed by atoms with Crippen LogP contribution in [0.4, 0.5) is 4.39 Å². The van der Waals surface area contributed by atoms with Gasteiger partial charge in [-0.25, -0.2) is 9.37 Å². The zero-order valence-electron chi connectivity index (χ0n) is 17.9. The fourth-order valence-corrected chi connectivity index (χ4v) is 4.20. The van der Waals surface area contributed by atoms with Crippen molar-refractivity contribution in [3.63, 3.8) is 0 Å². The Morgan fingerprint density at radius 1 is 1.00 bits per heavy atom. The Morgan fingerprint density at radius 3 is 2.50 bits per heavy atom. The van der Waals surface area contributed by atoms with Gasteiger partial charge in [-0.05, 0) is 48.4 Å². The lowest BCUT2D eigenvalue weighted by molar-refractivity contribution is 0.0740. The SMILES string of the molecule is O=C(c1ccccc1F)N(CCc1ccc(Cl)cc1)Cc1cc2cc3c(cc2nc1Cl)OCO3. The Balaban J connectivity index is 1.46. The predicted octanol–water partition coefficient (Wildman–Crippen LogP) is 6.29. The van der Waals surface area contributed by atoms with E-state index in [1.807, 2.05) is 24.3 Å². The molecule has 5 nitrogen and oxygen atoms in total. The van der Waals surface area contributed by atoms with Crippen molar-refractivity contribution < 1.29 is 18.7 Å². The summed E-state index contributed by atoms with van der Waals surface area (Å²) in [6.45, 7) is 0.670. The maximum Gasteiger partial charge on any atom is 0.257 e. The van der Waals surface area contributed by atoms with Gasteiger partial charge in [-0.1, -0.05) is 47.5 Å². The standard InChI is InChI=1S/C26H19Cl2FN2O3/c27-19-7-5-16(6-8-19)9-10-31(26(32)20-3-1-2-4-21(20)29)14-18-11-17-12-23-24(34-15-33-23)13-22(17)30-25(18)28/h1-8,11-13H,9-10,14-15H2. The van der Waals surface area contributed by atoms with Crippen molar-refractivity contribution in [2.45, 2.75) is 13.0 Å². The molecule has 0 bridgehead atoms. The van der Waals surface area contributed by atoms with Crippen LogP contribution in [0.5, 0.6) is 11.5 Å². The summed E-state index contributed by atoms with van der Waals surface area (Å²) >= 11 is 12.5. The van der Waals surface area contributed by atoms with Crippen LogP contribution in [0.15, 0.2) is 66.7 Å². The second kappa shape index (κ2) is 9.49. The molecule has 4 aromatic rings. The summed E-state index contributed by atoms with van der Waals surface area (Å²) in [7, 11) is 0. The lowest BCUT2D eigenvalue weighted by atomic mass is 10.1. The highest BCUT2D eigenvalue weighted by atomic mass is 35.5. The molecule has 0 aliphatic carbocycles. The molecule has 5 rings (SSSR count). The number of aromatic nitrogens is 1. The number of halogens is 3. The zero-order chi connectivity index (χ0) is 23.7. The van der Waals surface area contributed by atoms with E-state index in [-0.39, 0.29) is 24.1 Å². The highest BCUT2D eigenvalue weighted by molar-refractivity contribution is 6.30. The van der Waals surface area contributed by atoms with E-state index in [4.69, 9.17) is 32.7 Å². The molecule has 1 aliphatic rings. The van der Waals surface area contributed by atoms with E-state index in [1.54, 1.807) is 35.2 Å². The molecule has 2 heterocycles. The minimum atomic E-state index is -0.570. The maximum absolute atomic E-state index is 14.4. The van der Waals surface area contributed by atoms with Gasteiger partial charge in [0.1, 0.15) is 11.0 Å². The van der Waals surface area contributed by atoms with E-state index in [9.17, 15) is 9.18 Å². The van der Waals surface area contributed by atoms with Gasteiger partial charge in [0.2, 0.25) is 6.79 Å². The summed E-state index contributed by atoms with van der Waals surface area (Å²) in [4.78, 5) is 19.4. The van der Waals surface area contributed by atoms with Crippen LogP contribution in [0.3, 0.4) is 0 Å². The fourth-order valence-electron chi connectivity index (χ4n) is 3.87. The molecule has 0 spiro atoms. The zero-order valence-corrected chi connectivity index (χ0v) is 19.4. The summed E-state index contributed by atoms with van der Waals surface area (Å²) in [6.07, 6.45) is 0.564. The lowest BCUT2D eigenvalue weighted by Gasteiger charge is -2.24. The molecule has 8 heteroatoms. The molecular formula is C26H19Cl2FN2O3. The second-order valence-corrected chi connectivity index (χ2v) is 8.71. The highest BCUT2D eigenvalue weighted by Gasteiger charge is 2.22. The third kappa shape index (κ3) is 4.65. The highest BCUT2D eigenvalue weighted by Crippen LogP contribution is 2.36. The van der Waals surface area contributed by atoms with E-state index in [0.29, 0.717) is 40.6 Å². The van der Waals surface area contributed by atoms with Crippen LogP contribution in [0, 0.1) is 5.82 Å². The van der Waals surface area contributed by atoms with E-state index in [0.717, 1.165) is 10.9 Å². The van der Waals surface area contributed by atoms with Crippen LogP contribution < -0.4 is 9.47 Å². The van der Waals surface area contributed by atoms with Gasteiger partial charge >= 0.3 is 0 Å². The number of pyridine rings is 1. The molecule has 0 atom stereocenters. The van der Waals surface area contributed by atoms with Crippen molar-refractivity contribution in [3.05, 3.63) is 99.4 Å². The van der Waals surface area contributed by atoms with Gasteiger partial charge in [-0.3, -0.25) is 4.79 Å². The normalized spacial score (nSPS) is 12.2. The topological polar surface area (TPSA) is 51.7 Å². The first-order valence-electron chi connectivity index (χ1n) is 10.6. The fraction of sp³-hybridized carbons (Fsp3) is 0.154. The Labute approximate surface area is 205 Å². The van der Waals surface area contributed by atoms with E-state index in [2.05, 4.69) is 4.98 Å². The van der Waals surface area contributed by atoms with Crippen molar-refractivity contribution in [2.24, 2.45) is 0 Å². The number of carbonyl (C=O) groups is 1. The van der Waals surface area contributed by atoms with Gasteiger partial charge in [0.05, 0.1) is 11.1 Å². The van der Waals surface area contributed by atoms with Crippen LogP contribution >= 0.6 is 23.2 Å². The van der Waals surface area contributed by atoms with Crippen LogP contribution in [-0.2, 0) is 13.0 Å². The number of amides is 1. The van der Waals surface area contributed by atoms with Gasteiger partial charge in [-0.2, -0.15) is 0 Å². The van der Waals surface area contributed by atoms with Crippen molar-refractivity contribution >= 4 is 40.0 Å². The minimum absolute atomic E-state index is 0.00634. The van der Waals surface area contributed by atoms with Crippen LogP contribution in [0.25, 0.3) is 10.9 Å². The molecule has 0 saturated carbocycles. The number of hydrogen-bond donors (Lipinski definition) is 0. The van der Waals surface area contributed by atoms with Crippen LogP contribution in [0.1, 0.15) is 21.5 Å². The number of carbonyl (C=O) groups excluding carboxylic acids is 1. The average Bonchev–Trinajstić information content (AvgIpc) is 3.29. The third-order valence-corrected chi connectivity index (χ3v) is 6.25. The molecule has 172 valence electrons. The second-order valence-electron chi connectivity index (χ2n) is 7.92. The maximum atomic E-state index is 14.4. The molecule has 34 heavy (non-hydrogen) atoms. The number of hydrogen-bond acceptors (Lipinski definition) is 4. The number of rotatable bonds is 6. The number of benzene rings is 3. The molecule has 1 aromatic heterocycles. The van der Waals surface area contributed by atoms with Crippen molar-refractivity contribution in [2.75, 3.05) is 13.3 Å². The van der Waals surface area contributed by atoms with E-state index in [1.165, 1.54) is 12.1 Å². The van der Waals surface area contributed by atoms with Gasteiger partial charge in [0, 0.05) is 35.1 Å². The molecule has 0 unspecified atom stereocenters. The molecule has 1 aliphatic heterocycles. The minimum Gasteiger partial charge on any atom is -0.454 e. The summed E-state index contributed by atoms with van der Waals surface area (Å²) < 4.78 is 25.3. The molecule has 0 fully saturated rings. The van der Waals surface area contributed by atoms with Gasteiger partial charge in [0.25, 0.3) is 5.91 Å². The third-order valence-electron chi connectivity index (χ3n) is 5.67. The first kappa shape index (κ1) is 22.4. The van der Waals surface area contributed by atoms with Crippen molar-refractivity contribution in [1.29, 1.82) is 0 Å². The first-order valence-corrected chi connectivity index (χ1v) is 11.4. The molecule has 0 radical (unpaired) electrons. The molecule has 3 aromatic carbocycles. The molecule has 0 N–H and O–H groups in total. The van der Waals surface area contributed by atoms with Gasteiger partial charge in [0.15, 0.2) is 11.5 Å². The summed E-state index contributed by atoms with van der Waals surface area (Å²) in [5.41, 5.74) is 2.32. The number of fused-ring (bicyclic) bond motifs is 2. The Bertz CT molecular complexity index is 1380. The van der Waals surface area contributed by atoms with Crippen LogP contribution in [-0.4, -0.2) is 29.1 Å². The monoisotopic (exact) mass is 496 g/mol. The first-order chi connectivity index (χ1) is 16.5. The Hall–Kier alpha value is -3.35. The average molecular weight is 497 g/mol. The summed E-state index contributed by atoms with van der Waals surface area (Å²) in [5.74, 6) is 0.251. The number of nitrogens with zero attached hydrogens (tertiary/aromatic N) is 2.